The Hall–Kier alpha value is -2.28. The van der Waals surface area contributed by atoms with Crippen LogP contribution in [0.1, 0.15) is 0 Å². The van der Waals surface area contributed by atoms with Crippen LogP contribution in [0.2, 0.25) is 0 Å². The summed E-state index contributed by atoms with van der Waals surface area (Å²) in [6.07, 6.45) is 1.76. The van der Waals surface area contributed by atoms with Crippen LogP contribution in [-0.4, -0.2) is 4.57 Å². The number of rotatable bonds is 1. The first-order valence-electron chi connectivity index (χ1n) is 5.55. The summed E-state index contributed by atoms with van der Waals surface area (Å²) >= 11 is 0. The Balaban J connectivity index is 2.64. The van der Waals surface area contributed by atoms with Crippen LogP contribution < -0.4 is 10.7 Å². The molecule has 0 N–H and O–H groups in total. The zero-order valence-electron chi connectivity index (χ0n) is 9.61. The highest BCUT2D eigenvalue weighted by Gasteiger charge is 2.04. The maximum absolute atomic E-state index is 4.10. The van der Waals surface area contributed by atoms with Crippen molar-refractivity contribution in [3.8, 4) is 0 Å². The summed E-state index contributed by atoms with van der Waals surface area (Å²) in [4.78, 5) is 0. The summed E-state index contributed by atoms with van der Waals surface area (Å²) in [7, 11) is 0. The van der Waals surface area contributed by atoms with Crippen LogP contribution in [0.3, 0.4) is 0 Å². The Labute approximate surface area is 99.6 Å². The minimum atomic E-state index is 0.950. The second kappa shape index (κ2) is 3.36. The fourth-order valence-corrected chi connectivity index (χ4v) is 2.36. The van der Waals surface area contributed by atoms with Gasteiger partial charge in [-0.2, -0.15) is 0 Å². The van der Waals surface area contributed by atoms with Crippen molar-refractivity contribution in [3.63, 3.8) is 0 Å². The average molecular weight is 219 g/mol. The Bertz CT molecular complexity index is 771. The first-order chi connectivity index (χ1) is 8.22. The van der Waals surface area contributed by atoms with Crippen molar-refractivity contribution in [3.05, 3.63) is 53.7 Å². The fourth-order valence-electron chi connectivity index (χ4n) is 2.36. The first kappa shape index (κ1) is 9.91. The van der Waals surface area contributed by atoms with Crippen molar-refractivity contribution in [2.75, 3.05) is 0 Å². The number of hydrogen-bond donors (Lipinski definition) is 0. The lowest BCUT2D eigenvalue weighted by atomic mass is 10.1. The third-order valence-corrected chi connectivity index (χ3v) is 3.27. The van der Waals surface area contributed by atoms with Crippen LogP contribution >= 0.6 is 0 Å². The molecule has 0 aliphatic carbocycles. The number of benzene rings is 2. The molecule has 3 rings (SSSR count). The maximum Gasteiger partial charge on any atom is 0.0462 e. The number of nitrogens with zero attached hydrogens (tertiary/aromatic N) is 1. The molecule has 17 heavy (non-hydrogen) atoms. The second-order valence-corrected chi connectivity index (χ2v) is 4.19. The van der Waals surface area contributed by atoms with Crippen molar-refractivity contribution in [2.45, 2.75) is 0 Å². The van der Waals surface area contributed by atoms with E-state index in [-0.39, 0.29) is 0 Å². The lowest BCUT2D eigenvalue weighted by Gasteiger charge is -1.97. The minimum absolute atomic E-state index is 0.950. The first-order valence-corrected chi connectivity index (χ1v) is 5.55. The predicted molar refractivity (Wildman–Crippen MR) is 76.1 cm³/mol. The van der Waals surface area contributed by atoms with Gasteiger partial charge in [-0.15, -0.1) is 0 Å². The molecule has 0 spiro atoms. The van der Waals surface area contributed by atoms with Gasteiger partial charge in [0.15, 0.2) is 0 Å². The summed E-state index contributed by atoms with van der Waals surface area (Å²) in [6, 6.07) is 12.7. The van der Waals surface area contributed by atoms with E-state index in [0.29, 0.717) is 0 Å². The lowest BCUT2D eigenvalue weighted by molar-refractivity contribution is 1.09. The highest BCUT2D eigenvalue weighted by molar-refractivity contribution is 5.98. The van der Waals surface area contributed by atoms with Crippen LogP contribution in [0.5, 0.6) is 0 Å². The smallest absolute Gasteiger partial charge is 0.0462 e. The molecular weight excluding hydrogens is 206 g/mol. The van der Waals surface area contributed by atoms with Crippen molar-refractivity contribution in [1.82, 2.24) is 4.57 Å². The molecule has 3 aromatic rings. The van der Waals surface area contributed by atoms with Gasteiger partial charge in [0, 0.05) is 27.7 Å². The highest BCUT2D eigenvalue weighted by atomic mass is 14.9. The van der Waals surface area contributed by atoms with E-state index in [2.05, 4.69) is 44.0 Å². The van der Waals surface area contributed by atoms with Crippen molar-refractivity contribution in [1.29, 1.82) is 0 Å². The Morgan fingerprint density at radius 1 is 0.882 bits per heavy atom. The van der Waals surface area contributed by atoms with Crippen molar-refractivity contribution in [2.24, 2.45) is 0 Å². The molecule has 0 aliphatic heterocycles. The zero-order valence-corrected chi connectivity index (χ0v) is 9.61. The standard InChI is InChI=1S/C16H13N/c1-4-17-11(2)15-9-13-7-5-6-8-14(13)10-16(15)12(17)3/h4-10H,1-3H2. The van der Waals surface area contributed by atoms with Gasteiger partial charge in [0.1, 0.15) is 0 Å². The quantitative estimate of drug-likeness (QED) is 0.593. The predicted octanol–water partition coefficient (Wildman–Crippen LogP) is 2.72. The van der Waals surface area contributed by atoms with E-state index in [9.17, 15) is 0 Å². The van der Waals surface area contributed by atoms with E-state index >= 15 is 0 Å². The average Bonchev–Trinajstić information content (AvgIpc) is 2.59. The van der Waals surface area contributed by atoms with Gasteiger partial charge in [-0.25, -0.2) is 0 Å². The van der Waals surface area contributed by atoms with E-state index < -0.39 is 0 Å². The molecule has 1 nitrogen and oxygen atoms in total. The summed E-state index contributed by atoms with van der Waals surface area (Å²) in [6.45, 7) is 12.0. The molecule has 0 unspecified atom stereocenters. The van der Waals surface area contributed by atoms with Gasteiger partial charge in [-0.05, 0) is 22.9 Å². The lowest BCUT2D eigenvalue weighted by Crippen LogP contribution is -2.19. The van der Waals surface area contributed by atoms with E-state index in [0.717, 1.165) is 21.5 Å². The molecule has 82 valence electrons. The number of aromatic nitrogens is 1. The number of fused-ring (bicyclic) bond motifs is 2. The topological polar surface area (TPSA) is 4.93 Å². The van der Waals surface area contributed by atoms with Gasteiger partial charge in [-0.3, -0.25) is 0 Å². The van der Waals surface area contributed by atoms with E-state index in [1.165, 1.54) is 10.8 Å². The minimum Gasteiger partial charge on any atom is -0.318 e. The Kier molecular flexibility index (Phi) is 1.96. The third kappa shape index (κ3) is 1.26. The molecule has 0 atom stereocenters. The van der Waals surface area contributed by atoms with Crippen LogP contribution in [-0.2, 0) is 0 Å². The molecule has 0 radical (unpaired) electrons. The molecular formula is C16H13N. The number of hydrogen-bond acceptors (Lipinski definition) is 0. The normalized spacial score (nSPS) is 11.1. The monoisotopic (exact) mass is 219 g/mol. The van der Waals surface area contributed by atoms with Gasteiger partial charge < -0.3 is 4.57 Å². The highest BCUT2D eigenvalue weighted by Crippen LogP contribution is 2.18. The Morgan fingerprint density at radius 3 is 1.76 bits per heavy atom. The summed E-state index contributed by atoms with van der Waals surface area (Å²) in [5.41, 5.74) is 0. The molecule has 0 saturated heterocycles. The van der Waals surface area contributed by atoms with Crippen LogP contribution in [0.25, 0.3) is 40.9 Å². The molecule has 2 aromatic carbocycles. The van der Waals surface area contributed by atoms with Gasteiger partial charge in [-0.1, -0.05) is 44.0 Å². The fraction of sp³-hybridized carbons (Fsp3) is 0. The summed E-state index contributed by atoms with van der Waals surface area (Å²) in [5.74, 6) is 0. The van der Waals surface area contributed by atoms with Crippen molar-refractivity contribution >= 4 is 40.9 Å². The van der Waals surface area contributed by atoms with Gasteiger partial charge in [0.2, 0.25) is 0 Å². The zero-order chi connectivity index (χ0) is 12.0. The summed E-state index contributed by atoms with van der Waals surface area (Å²) < 4.78 is 1.93. The van der Waals surface area contributed by atoms with Crippen LogP contribution in [0.4, 0.5) is 0 Å². The molecule has 0 amide bonds. The van der Waals surface area contributed by atoms with Crippen LogP contribution in [0.15, 0.2) is 43.0 Å². The van der Waals surface area contributed by atoms with E-state index in [1.807, 2.05) is 16.7 Å². The molecule has 0 bridgehead atoms. The second-order valence-electron chi connectivity index (χ2n) is 4.19. The van der Waals surface area contributed by atoms with Gasteiger partial charge in [0.05, 0.1) is 0 Å². The van der Waals surface area contributed by atoms with E-state index in [4.69, 9.17) is 0 Å². The summed E-state index contributed by atoms with van der Waals surface area (Å²) in [5, 5.41) is 6.65. The molecule has 1 aromatic heterocycles. The van der Waals surface area contributed by atoms with Gasteiger partial charge in [0.25, 0.3) is 0 Å². The maximum atomic E-state index is 4.10. The largest absolute Gasteiger partial charge is 0.318 e. The third-order valence-electron chi connectivity index (χ3n) is 3.27. The van der Waals surface area contributed by atoms with Crippen molar-refractivity contribution < 1.29 is 0 Å². The van der Waals surface area contributed by atoms with E-state index in [1.54, 1.807) is 6.20 Å². The Morgan fingerprint density at radius 2 is 1.35 bits per heavy atom. The SMILES string of the molecule is C=Cn1c(=C)c2cc3ccccc3cc2c1=C. The molecule has 0 aliphatic rings. The molecule has 0 saturated carbocycles. The van der Waals surface area contributed by atoms with Gasteiger partial charge >= 0.3 is 0 Å². The molecule has 1 heterocycles. The van der Waals surface area contributed by atoms with Crippen LogP contribution in [0, 0.1) is 0 Å². The molecule has 1 heteroatoms. The molecule has 0 fully saturated rings.